The maximum Gasteiger partial charge on any atom is 0.339 e. The number of benzene rings is 1. The van der Waals surface area contributed by atoms with E-state index in [4.69, 9.17) is 4.42 Å². The zero-order valence-electron chi connectivity index (χ0n) is 11.2. The number of amides is 2. The van der Waals surface area contributed by atoms with Crippen molar-refractivity contribution in [2.45, 2.75) is 25.8 Å². The molecule has 108 valence electrons. The van der Waals surface area contributed by atoms with Gasteiger partial charge in [-0.15, -0.1) is 0 Å². The van der Waals surface area contributed by atoms with Gasteiger partial charge in [0.25, 0.3) is 0 Å². The standard InChI is InChI=1S/C15H13NO5/c17-12-6-3-7-13(18)16(12)8-11-14(15(19)20)9-4-1-2-5-10(9)21-11/h1-2,4-5H,3,6-8H2,(H,19,20). The van der Waals surface area contributed by atoms with Gasteiger partial charge in [-0.25, -0.2) is 4.79 Å². The first-order valence-electron chi connectivity index (χ1n) is 6.65. The second-order valence-corrected chi connectivity index (χ2v) is 4.93. The number of likely N-dealkylation sites (tertiary alicyclic amines) is 1. The fourth-order valence-corrected chi connectivity index (χ4v) is 2.56. The third-order valence-corrected chi connectivity index (χ3v) is 3.57. The molecular formula is C15H13NO5. The Labute approximate surface area is 119 Å². The van der Waals surface area contributed by atoms with E-state index in [0.717, 1.165) is 4.90 Å². The number of carboxylic acid groups (broad SMARTS) is 1. The first-order chi connectivity index (χ1) is 10.1. The topological polar surface area (TPSA) is 87.8 Å². The third-order valence-electron chi connectivity index (χ3n) is 3.57. The van der Waals surface area contributed by atoms with Gasteiger partial charge >= 0.3 is 5.97 Å². The molecule has 0 aliphatic carbocycles. The number of aromatic carboxylic acids is 1. The van der Waals surface area contributed by atoms with E-state index in [-0.39, 0.29) is 29.7 Å². The summed E-state index contributed by atoms with van der Waals surface area (Å²) in [6.07, 6.45) is 1.14. The molecule has 1 aromatic carbocycles. The Balaban J connectivity index is 2.04. The van der Waals surface area contributed by atoms with Crippen molar-refractivity contribution in [3.63, 3.8) is 0 Å². The summed E-state index contributed by atoms with van der Waals surface area (Å²) >= 11 is 0. The van der Waals surface area contributed by atoms with Crippen LogP contribution in [0.1, 0.15) is 35.4 Å². The van der Waals surface area contributed by atoms with E-state index in [1.807, 2.05) is 0 Å². The maximum atomic E-state index is 11.8. The Kier molecular flexibility index (Phi) is 3.21. The van der Waals surface area contributed by atoms with Crippen LogP contribution in [0.15, 0.2) is 28.7 Å². The average molecular weight is 287 g/mol. The molecule has 3 rings (SSSR count). The van der Waals surface area contributed by atoms with Crippen molar-refractivity contribution in [2.24, 2.45) is 0 Å². The molecule has 1 aliphatic rings. The second-order valence-electron chi connectivity index (χ2n) is 4.93. The number of carbonyl (C=O) groups is 3. The summed E-state index contributed by atoms with van der Waals surface area (Å²) in [5, 5.41) is 9.83. The SMILES string of the molecule is O=C(O)c1c(CN2C(=O)CCCC2=O)oc2ccccc12. The number of para-hydroxylation sites is 1. The van der Waals surface area contributed by atoms with Crippen molar-refractivity contribution in [3.05, 3.63) is 35.6 Å². The number of hydrogen-bond acceptors (Lipinski definition) is 4. The van der Waals surface area contributed by atoms with Crippen molar-refractivity contribution < 1.29 is 23.9 Å². The quantitative estimate of drug-likeness (QED) is 0.874. The van der Waals surface area contributed by atoms with Gasteiger partial charge in [-0.1, -0.05) is 18.2 Å². The maximum absolute atomic E-state index is 11.8. The third kappa shape index (κ3) is 2.29. The molecule has 2 amide bonds. The summed E-state index contributed by atoms with van der Waals surface area (Å²) in [5.41, 5.74) is 0.443. The molecular weight excluding hydrogens is 274 g/mol. The van der Waals surface area contributed by atoms with Crippen LogP contribution in [0.2, 0.25) is 0 Å². The van der Waals surface area contributed by atoms with E-state index in [2.05, 4.69) is 0 Å². The zero-order valence-corrected chi connectivity index (χ0v) is 11.2. The largest absolute Gasteiger partial charge is 0.478 e. The van der Waals surface area contributed by atoms with Crippen LogP contribution in [0.25, 0.3) is 11.0 Å². The molecule has 1 aliphatic heterocycles. The normalized spacial score (nSPS) is 15.7. The van der Waals surface area contributed by atoms with Gasteiger partial charge in [0.05, 0.1) is 6.54 Å². The molecule has 0 unspecified atom stereocenters. The number of piperidine rings is 1. The molecule has 1 fully saturated rings. The van der Waals surface area contributed by atoms with Crippen LogP contribution < -0.4 is 0 Å². The van der Waals surface area contributed by atoms with Crippen LogP contribution in [-0.2, 0) is 16.1 Å². The molecule has 1 aromatic heterocycles. The molecule has 1 saturated heterocycles. The predicted octanol–water partition coefficient (Wildman–Crippen LogP) is 2.17. The fraction of sp³-hybridized carbons (Fsp3) is 0.267. The van der Waals surface area contributed by atoms with Crippen LogP contribution in [0.5, 0.6) is 0 Å². The Morgan fingerprint density at radius 1 is 1.19 bits per heavy atom. The highest BCUT2D eigenvalue weighted by molar-refractivity contribution is 6.04. The van der Waals surface area contributed by atoms with Crippen molar-refractivity contribution in [2.75, 3.05) is 0 Å². The second kappa shape index (κ2) is 5.05. The summed E-state index contributed by atoms with van der Waals surface area (Å²) in [5.74, 6) is -1.58. The number of fused-ring (bicyclic) bond motifs is 1. The Morgan fingerprint density at radius 3 is 2.52 bits per heavy atom. The lowest BCUT2D eigenvalue weighted by molar-refractivity contribution is -0.149. The van der Waals surface area contributed by atoms with E-state index in [9.17, 15) is 19.5 Å². The van der Waals surface area contributed by atoms with Gasteiger partial charge in [-0.2, -0.15) is 0 Å². The lowest BCUT2D eigenvalue weighted by atomic mass is 10.1. The van der Waals surface area contributed by atoms with Crippen LogP contribution in [0, 0.1) is 0 Å². The van der Waals surface area contributed by atoms with E-state index in [1.165, 1.54) is 0 Å². The average Bonchev–Trinajstić information content (AvgIpc) is 2.81. The number of rotatable bonds is 3. The molecule has 0 atom stereocenters. The molecule has 6 heteroatoms. The summed E-state index contributed by atoms with van der Waals surface area (Å²) < 4.78 is 5.53. The van der Waals surface area contributed by atoms with Crippen LogP contribution in [0.3, 0.4) is 0 Å². The number of furan rings is 1. The van der Waals surface area contributed by atoms with E-state index in [0.29, 0.717) is 30.2 Å². The fourth-order valence-electron chi connectivity index (χ4n) is 2.56. The van der Waals surface area contributed by atoms with Crippen molar-refractivity contribution >= 4 is 28.8 Å². The van der Waals surface area contributed by atoms with Crippen molar-refractivity contribution in [3.8, 4) is 0 Å². The molecule has 0 saturated carbocycles. The highest BCUT2D eigenvalue weighted by Gasteiger charge is 2.29. The van der Waals surface area contributed by atoms with E-state index in [1.54, 1.807) is 24.3 Å². The molecule has 0 bridgehead atoms. The molecule has 0 radical (unpaired) electrons. The van der Waals surface area contributed by atoms with Crippen molar-refractivity contribution in [1.29, 1.82) is 0 Å². The number of imide groups is 1. The predicted molar refractivity (Wildman–Crippen MR) is 72.6 cm³/mol. The lowest BCUT2D eigenvalue weighted by Crippen LogP contribution is -2.39. The Morgan fingerprint density at radius 2 is 1.86 bits per heavy atom. The van der Waals surface area contributed by atoms with Crippen LogP contribution >= 0.6 is 0 Å². The highest BCUT2D eigenvalue weighted by Crippen LogP contribution is 2.28. The van der Waals surface area contributed by atoms with Gasteiger partial charge in [-0.05, 0) is 12.5 Å². The molecule has 21 heavy (non-hydrogen) atoms. The van der Waals surface area contributed by atoms with Gasteiger partial charge in [0.15, 0.2) is 0 Å². The van der Waals surface area contributed by atoms with Crippen LogP contribution in [0.4, 0.5) is 0 Å². The first kappa shape index (κ1) is 13.4. The number of carboxylic acids is 1. The number of carbonyl (C=O) groups excluding carboxylic acids is 2. The molecule has 0 spiro atoms. The van der Waals surface area contributed by atoms with E-state index < -0.39 is 5.97 Å². The van der Waals surface area contributed by atoms with Gasteiger partial charge in [0.2, 0.25) is 11.8 Å². The molecule has 2 heterocycles. The summed E-state index contributed by atoms with van der Waals surface area (Å²) in [4.78, 5) is 36.2. The van der Waals surface area contributed by atoms with Gasteiger partial charge < -0.3 is 9.52 Å². The number of nitrogens with zero attached hydrogens (tertiary/aromatic N) is 1. The molecule has 1 N–H and O–H groups in total. The van der Waals surface area contributed by atoms with Crippen molar-refractivity contribution in [1.82, 2.24) is 4.90 Å². The number of hydrogen-bond donors (Lipinski definition) is 1. The van der Waals surface area contributed by atoms with Gasteiger partial charge in [-0.3, -0.25) is 14.5 Å². The summed E-state index contributed by atoms with van der Waals surface area (Å²) in [7, 11) is 0. The Bertz CT molecular complexity index is 730. The minimum Gasteiger partial charge on any atom is -0.478 e. The zero-order chi connectivity index (χ0) is 15.0. The smallest absolute Gasteiger partial charge is 0.339 e. The minimum absolute atomic E-state index is 0.0109. The monoisotopic (exact) mass is 287 g/mol. The molecule has 2 aromatic rings. The lowest BCUT2D eigenvalue weighted by Gasteiger charge is -2.23. The van der Waals surface area contributed by atoms with E-state index >= 15 is 0 Å². The Hall–Kier alpha value is -2.63. The van der Waals surface area contributed by atoms with Crippen LogP contribution in [-0.4, -0.2) is 27.8 Å². The van der Waals surface area contributed by atoms with Gasteiger partial charge in [0.1, 0.15) is 16.9 Å². The minimum atomic E-state index is -1.13. The summed E-state index contributed by atoms with van der Waals surface area (Å²) in [6, 6.07) is 6.75. The molecule has 6 nitrogen and oxygen atoms in total. The highest BCUT2D eigenvalue weighted by atomic mass is 16.4. The first-order valence-corrected chi connectivity index (χ1v) is 6.65. The summed E-state index contributed by atoms with van der Waals surface area (Å²) in [6.45, 7) is -0.131. The van der Waals surface area contributed by atoms with Gasteiger partial charge in [0, 0.05) is 18.2 Å².